The quantitative estimate of drug-likeness (QED) is 0.627. The molecule has 0 fully saturated rings. The van der Waals surface area contributed by atoms with Crippen LogP contribution in [0.3, 0.4) is 0 Å². The number of hydrogen-bond acceptors (Lipinski definition) is 5. The topological polar surface area (TPSA) is 73.1 Å². The molecule has 1 aromatic carbocycles. The normalized spacial score (nSPS) is 12.2. The van der Waals surface area contributed by atoms with Gasteiger partial charge in [0.05, 0.1) is 13.2 Å². The largest absolute Gasteiger partial charge is 0.496 e. The van der Waals surface area contributed by atoms with Crippen LogP contribution in [0.4, 0.5) is 0 Å². The van der Waals surface area contributed by atoms with Gasteiger partial charge in [-0.25, -0.2) is 15.4 Å². The van der Waals surface area contributed by atoms with Gasteiger partial charge in [-0.3, -0.25) is 5.84 Å². The molecule has 0 saturated heterocycles. The molecule has 0 aliphatic carbocycles. The zero-order valence-corrected chi connectivity index (χ0v) is 10.4. The molecule has 3 N–H and O–H groups in total. The van der Waals surface area contributed by atoms with Crippen LogP contribution >= 0.6 is 0 Å². The Morgan fingerprint density at radius 1 is 1.22 bits per heavy atom. The molecule has 0 aliphatic heterocycles. The monoisotopic (exact) mass is 244 g/mol. The minimum Gasteiger partial charge on any atom is -0.496 e. The molecule has 0 radical (unpaired) electrons. The molecular formula is C13H16N4O. The lowest BCUT2D eigenvalue weighted by atomic mass is 10.00. The first-order valence-corrected chi connectivity index (χ1v) is 5.62. The van der Waals surface area contributed by atoms with E-state index in [-0.39, 0.29) is 6.04 Å². The Kier molecular flexibility index (Phi) is 3.86. The van der Waals surface area contributed by atoms with Gasteiger partial charge in [0.25, 0.3) is 0 Å². The van der Waals surface area contributed by atoms with Crippen molar-refractivity contribution in [2.75, 3.05) is 7.11 Å². The molecule has 2 aromatic rings. The lowest BCUT2D eigenvalue weighted by Crippen LogP contribution is -2.29. The number of benzene rings is 1. The predicted molar refractivity (Wildman–Crippen MR) is 68.9 cm³/mol. The van der Waals surface area contributed by atoms with Crippen LogP contribution in [0.5, 0.6) is 5.75 Å². The maximum atomic E-state index is 5.62. The van der Waals surface area contributed by atoms with Crippen LogP contribution in [-0.4, -0.2) is 17.1 Å². The molecule has 0 aliphatic rings. The molecule has 94 valence electrons. The highest BCUT2D eigenvalue weighted by Gasteiger charge is 2.13. The summed E-state index contributed by atoms with van der Waals surface area (Å²) in [6, 6.07) is 5.81. The molecule has 0 saturated carbocycles. The fourth-order valence-corrected chi connectivity index (χ4v) is 1.93. The molecule has 0 spiro atoms. The van der Waals surface area contributed by atoms with E-state index in [9.17, 15) is 0 Å². The van der Waals surface area contributed by atoms with Gasteiger partial charge in [-0.15, -0.1) is 0 Å². The maximum Gasteiger partial charge on any atom is 0.121 e. The van der Waals surface area contributed by atoms with Crippen LogP contribution in [0.15, 0.2) is 36.9 Å². The summed E-state index contributed by atoms with van der Waals surface area (Å²) in [6.07, 6.45) is 4.99. The fraction of sp³-hybridized carbons (Fsp3) is 0.231. The third kappa shape index (κ3) is 2.47. The lowest BCUT2D eigenvalue weighted by molar-refractivity contribution is 0.411. The average Bonchev–Trinajstić information content (AvgIpc) is 2.41. The highest BCUT2D eigenvalue weighted by Crippen LogP contribution is 2.25. The second-order valence-corrected chi connectivity index (χ2v) is 4.00. The number of nitrogens with two attached hydrogens (primary N) is 1. The molecule has 1 aromatic heterocycles. The van der Waals surface area contributed by atoms with Gasteiger partial charge in [-0.1, -0.05) is 12.1 Å². The summed E-state index contributed by atoms with van der Waals surface area (Å²) >= 11 is 0. The van der Waals surface area contributed by atoms with Crippen LogP contribution in [0.1, 0.15) is 22.7 Å². The second-order valence-electron chi connectivity index (χ2n) is 4.00. The third-order valence-electron chi connectivity index (χ3n) is 2.83. The van der Waals surface area contributed by atoms with E-state index in [1.165, 1.54) is 6.33 Å². The minimum absolute atomic E-state index is 0.129. The summed E-state index contributed by atoms with van der Waals surface area (Å²) in [5.41, 5.74) is 5.81. The first kappa shape index (κ1) is 12.5. The Balaban J connectivity index is 2.37. The molecule has 0 bridgehead atoms. The number of hydrazine groups is 1. The number of nitrogens with one attached hydrogen (secondary N) is 1. The van der Waals surface area contributed by atoms with Crippen LogP contribution in [0.2, 0.25) is 0 Å². The van der Waals surface area contributed by atoms with Crippen molar-refractivity contribution in [3.05, 3.63) is 53.6 Å². The second kappa shape index (κ2) is 5.57. The van der Waals surface area contributed by atoms with Crippen LogP contribution in [0.25, 0.3) is 0 Å². The van der Waals surface area contributed by atoms with Crippen molar-refractivity contribution in [1.29, 1.82) is 0 Å². The zero-order valence-electron chi connectivity index (χ0n) is 10.4. The summed E-state index contributed by atoms with van der Waals surface area (Å²) in [6.45, 7) is 2.00. The number of aromatic nitrogens is 2. The van der Waals surface area contributed by atoms with E-state index in [2.05, 4.69) is 15.4 Å². The molecule has 0 amide bonds. The Hall–Kier alpha value is -1.98. The van der Waals surface area contributed by atoms with E-state index in [0.717, 1.165) is 22.4 Å². The fourth-order valence-electron chi connectivity index (χ4n) is 1.93. The first-order chi connectivity index (χ1) is 8.76. The third-order valence-corrected chi connectivity index (χ3v) is 2.83. The van der Waals surface area contributed by atoms with Crippen LogP contribution < -0.4 is 16.0 Å². The number of hydrogen-bond donors (Lipinski definition) is 2. The van der Waals surface area contributed by atoms with E-state index in [4.69, 9.17) is 10.6 Å². The van der Waals surface area contributed by atoms with Crippen molar-refractivity contribution in [2.24, 2.45) is 5.84 Å². The Labute approximate surface area is 106 Å². The molecular weight excluding hydrogens is 228 g/mol. The van der Waals surface area contributed by atoms with Gasteiger partial charge in [0.2, 0.25) is 0 Å². The van der Waals surface area contributed by atoms with Gasteiger partial charge in [0, 0.05) is 18.0 Å². The van der Waals surface area contributed by atoms with Crippen LogP contribution in [-0.2, 0) is 0 Å². The first-order valence-electron chi connectivity index (χ1n) is 5.62. The van der Waals surface area contributed by atoms with E-state index in [0.29, 0.717) is 0 Å². The minimum atomic E-state index is -0.129. The Morgan fingerprint density at radius 2 is 1.94 bits per heavy atom. The number of ether oxygens (including phenoxy) is 1. The highest BCUT2D eigenvalue weighted by atomic mass is 16.5. The van der Waals surface area contributed by atoms with Crippen molar-refractivity contribution < 1.29 is 4.74 Å². The molecule has 1 atom stereocenters. The van der Waals surface area contributed by atoms with E-state index >= 15 is 0 Å². The van der Waals surface area contributed by atoms with Crippen molar-refractivity contribution in [1.82, 2.24) is 15.4 Å². The predicted octanol–water partition coefficient (Wildman–Crippen LogP) is 1.35. The van der Waals surface area contributed by atoms with Crippen molar-refractivity contribution >= 4 is 0 Å². The van der Waals surface area contributed by atoms with Gasteiger partial charge in [0.1, 0.15) is 12.1 Å². The lowest BCUT2D eigenvalue weighted by Gasteiger charge is -2.17. The van der Waals surface area contributed by atoms with Crippen molar-refractivity contribution in [3.8, 4) is 5.75 Å². The summed E-state index contributed by atoms with van der Waals surface area (Å²) in [5, 5.41) is 0. The van der Waals surface area contributed by atoms with Gasteiger partial charge < -0.3 is 4.74 Å². The van der Waals surface area contributed by atoms with E-state index in [1.54, 1.807) is 19.5 Å². The molecule has 1 heterocycles. The van der Waals surface area contributed by atoms with Gasteiger partial charge >= 0.3 is 0 Å². The standard InChI is InChI=1S/C13H16N4O/c1-9-5-10(3-4-12(9)18-2)13(17-14)11-6-15-8-16-7-11/h3-8,13,17H,14H2,1-2H3. The molecule has 18 heavy (non-hydrogen) atoms. The van der Waals surface area contributed by atoms with Gasteiger partial charge in [-0.2, -0.15) is 0 Å². The SMILES string of the molecule is COc1ccc(C(NN)c2cncnc2)cc1C. The summed E-state index contributed by atoms with van der Waals surface area (Å²) < 4.78 is 5.24. The Bertz CT molecular complexity index is 516. The Morgan fingerprint density at radius 3 is 2.50 bits per heavy atom. The molecule has 5 nitrogen and oxygen atoms in total. The smallest absolute Gasteiger partial charge is 0.121 e. The van der Waals surface area contributed by atoms with Crippen molar-refractivity contribution in [3.63, 3.8) is 0 Å². The number of rotatable bonds is 4. The molecule has 2 rings (SSSR count). The maximum absolute atomic E-state index is 5.62. The summed E-state index contributed by atoms with van der Waals surface area (Å²) in [4.78, 5) is 8.01. The summed E-state index contributed by atoms with van der Waals surface area (Å²) in [7, 11) is 1.66. The van der Waals surface area contributed by atoms with Crippen molar-refractivity contribution in [2.45, 2.75) is 13.0 Å². The number of nitrogens with zero attached hydrogens (tertiary/aromatic N) is 2. The molecule has 5 heteroatoms. The summed E-state index contributed by atoms with van der Waals surface area (Å²) in [5.74, 6) is 6.48. The van der Waals surface area contributed by atoms with E-state index < -0.39 is 0 Å². The number of methoxy groups -OCH3 is 1. The zero-order chi connectivity index (χ0) is 13.0. The highest BCUT2D eigenvalue weighted by molar-refractivity contribution is 5.39. The number of aryl methyl sites for hydroxylation is 1. The van der Waals surface area contributed by atoms with Gasteiger partial charge in [0.15, 0.2) is 0 Å². The van der Waals surface area contributed by atoms with E-state index in [1.807, 2.05) is 25.1 Å². The van der Waals surface area contributed by atoms with Crippen LogP contribution in [0, 0.1) is 6.92 Å². The molecule has 1 unspecified atom stereocenters. The average molecular weight is 244 g/mol. The van der Waals surface area contributed by atoms with Gasteiger partial charge in [-0.05, 0) is 24.1 Å².